The van der Waals surface area contributed by atoms with Crippen LogP contribution in [0, 0.1) is 12.7 Å². The number of anilines is 1. The molecule has 0 aliphatic rings. The summed E-state index contributed by atoms with van der Waals surface area (Å²) in [6.07, 6.45) is 3.08. The molecule has 2 aromatic rings. The summed E-state index contributed by atoms with van der Waals surface area (Å²) in [5.41, 5.74) is 6.33. The Balaban J connectivity index is 2.12. The van der Waals surface area contributed by atoms with Crippen molar-refractivity contribution in [2.75, 3.05) is 12.3 Å². The lowest BCUT2D eigenvalue weighted by molar-refractivity contribution is 0.540. The van der Waals surface area contributed by atoms with Crippen LogP contribution in [0.3, 0.4) is 0 Å². The van der Waals surface area contributed by atoms with Gasteiger partial charge in [0.1, 0.15) is 10.7 Å². The molecule has 0 spiro atoms. The maximum Gasteiger partial charge on any atom is 0.243 e. The Morgan fingerprint density at radius 3 is 2.85 bits per heavy atom. The molecule has 2 rings (SSSR count). The van der Waals surface area contributed by atoms with Crippen molar-refractivity contribution in [2.45, 2.75) is 18.4 Å². The second kappa shape index (κ2) is 5.55. The topological polar surface area (TPSA) is 103 Å². The van der Waals surface area contributed by atoms with Crippen molar-refractivity contribution in [1.82, 2.24) is 19.7 Å². The number of aryl methyl sites for hydroxylation is 1. The van der Waals surface area contributed by atoms with E-state index < -0.39 is 20.7 Å². The van der Waals surface area contributed by atoms with Crippen molar-refractivity contribution in [3.8, 4) is 0 Å². The van der Waals surface area contributed by atoms with E-state index in [9.17, 15) is 12.8 Å². The number of nitrogens with one attached hydrogen (secondary N) is 1. The van der Waals surface area contributed by atoms with Crippen molar-refractivity contribution >= 4 is 15.7 Å². The number of benzene rings is 1. The lowest BCUT2D eigenvalue weighted by Gasteiger charge is -2.09. The zero-order valence-electron chi connectivity index (χ0n) is 10.7. The Bertz CT molecular complexity index is 700. The van der Waals surface area contributed by atoms with Crippen LogP contribution in [0.25, 0.3) is 0 Å². The van der Waals surface area contributed by atoms with Crippen molar-refractivity contribution in [3.63, 3.8) is 0 Å². The number of halogens is 1. The molecule has 20 heavy (non-hydrogen) atoms. The largest absolute Gasteiger partial charge is 0.398 e. The molecule has 1 aromatic heterocycles. The van der Waals surface area contributed by atoms with Crippen LogP contribution >= 0.6 is 0 Å². The maximum atomic E-state index is 13.7. The minimum absolute atomic E-state index is 0.0684. The molecule has 0 amide bonds. The lowest BCUT2D eigenvalue weighted by Crippen LogP contribution is -2.28. The van der Waals surface area contributed by atoms with Gasteiger partial charge in [-0.25, -0.2) is 17.5 Å². The third-order valence-electron chi connectivity index (χ3n) is 2.71. The van der Waals surface area contributed by atoms with Gasteiger partial charge in [-0.15, -0.1) is 5.10 Å². The molecule has 0 unspecified atom stereocenters. The third kappa shape index (κ3) is 3.11. The molecule has 0 atom stereocenters. The van der Waals surface area contributed by atoms with Crippen LogP contribution < -0.4 is 10.5 Å². The molecule has 9 heteroatoms. The second-order valence-electron chi connectivity index (χ2n) is 4.20. The SMILES string of the molecule is Cc1cc(F)c(S(=O)(=O)NCCn2ccnn2)cc1N. The standard InChI is InChI=1S/C11H14FN5O2S/c1-8-6-9(12)11(7-10(8)13)20(18,19)15-3-5-17-4-2-14-16-17/h2,4,6-7,15H,3,5,13H2,1H3. The van der Waals surface area contributed by atoms with Gasteiger partial charge in [0.05, 0.1) is 12.7 Å². The molecule has 0 fully saturated rings. The summed E-state index contributed by atoms with van der Waals surface area (Å²) in [6, 6.07) is 2.21. The van der Waals surface area contributed by atoms with Crippen molar-refractivity contribution in [1.29, 1.82) is 0 Å². The highest BCUT2D eigenvalue weighted by Gasteiger charge is 2.19. The molecule has 1 aromatic carbocycles. The summed E-state index contributed by atoms with van der Waals surface area (Å²) >= 11 is 0. The van der Waals surface area contributed by atoms with E-state index in [2.05, 4.69) is 15.0 Å². The molecule has 1 heterocycles. The van der Waals surface area contributed by atoms with Crippen LogP contribution in [0.15, 0.2) is 29.4 Å². The number of rotatable bonds is 5. The quantitative estimate of drug-likeness (QED) is 0.772. The fourth-order valence-electron chi connectivity index (χ4n) is 1.60. The Kier molecular flexibility index (Phi) is 4.00. The highest BCUT2D eigenvalue weighted by Crippen LogP contribution is 2.21. The summed E-state index contributed by atoms with van der Waals surface area (Å²) in [7, 11) is -3.95. The molecular formula is C11H14FN5O2S. The Morgan fingerprint density at radius 1 is 1.45 bits per heavy atom. The van der Waals surface area contributed by atoms with Crippen LogP contribution in [0.4, 0.5) is 10.1 Å². The van der Waals surface area contributed by atoms with Gasteiger partial charge in [0, 0.05) is 18.4 Å². The first-order chi connectivity index (χ1) is 9.40. The number of hydrogen-bond acceptors (Lipinski definition) is 5. The van der Waals surface area contributed by atoms with Gasteiger partial charge in [-0.05, 0) is 24.6 Å². The van der Waals surface area contributed by atoms with Gasteiger partial charge in [0.2, 0.25) is 10.0 Å². The molecular weight excluding hydrogens is 285 g/mol. The van der Waals surface area contributed by atoms with Gasteiger partial charge in [-0.3, -0.25) is 4.68 Å². The molecule has 7 nitrogen and oxygen atoms in total. The summed E-state index contributed by atoms with van der Waals surface area (Å²) < 4.78 is 41.5. The summed E-state index contributed by atoms with van der Waals surface area (Å²) in [5.74, 6) is -0.829. The third-order valence-corrected chi connectivity index (χ3v) is 4.19. The van der Waals surface area contributed by atoms with Crippen molar-refractivity contribution in [2.24, 2.45) is 0 Å². The zero-order chi connectivity index (χ0) is 14.8. The molecule has 0 aliphatic carbocycles. The molecule has 3 N–H and O–H groups in total. The van der Waals surface area contributed by atoms with Crippen molar-refractivity contribution < 1.29 is 12.8 Å². The first kappa shape index (κ1) is 14.4. The molecule has 0 radical (unpaired) electrons. The zero-order valence-corrected chi connectivity index (χ0v) is 11.6. The van der Waals surface area contributed by atoms with E-state index in [1.54, 1.807) is 13.1 Å². The molecule has 108 valence electrons. The molecule has 0 bridgehead atoms. The van der Waals surface area contributed by atoms with E-state index in [4.69, 9.17) is 5.73 Å². The van der Waals surface area contributed by atoms with E-state index in [0.29, 0.717) is 12.1 Å². The van der Waals surface area contributed by atoms with Gasteiger partial charge >= 0.3 is 0 Å². The van der Waals surface area contributed by atoms with Gasteiger partial charge in [-0.1, -0.05) is 5.21 Å². The number of sulfonamides is 1. The summed E-state index contributed by atoms with van der Waals surface area (Å²) in [5, 5.41) is 7.28. The van der Waals surface area contributed by atoms with E-state index in [1.165, 1.54) is 10.9 Å². The van der Waals surface area contributed by atoms with E-state index >= 15 is 0 Å². The monoisotopic (exact) mass is 299 g/mol. The van der Waals surface area contributed by atoms with Crippen LogP contribution in [0.5, 0.6) is 0 Å². The predicted octanol–water partition coefficient (Wildman–Crippen LogP) is 0.286. The predicted molar refractivity (Wildman–Crippen MR) is 70.8 cm³/mol. The van der Waals surface area contributed by atoms with Crippen LogP contribution in [-0.4, -0.2) is 30.0 Å². The van der Waals surface area contributed by atoms with E-state index in [0.717, 1.165) is 12.1 Å². The van der Waals surface area contributed by atoms with Gasteiger partial charge in [-0.2, -0.15) is 0 Å². The normalized spacial score (nSPS) is 11.7. The summed E-state index contributed by atoms with van der Waals surface area (Å²) in [4.78, 5) is -0.459. The summed E-state index contributed by atoms with van der Waals surface area (Å²) in [6.45, 7) is 1.97. The van der Waals surface area contributed by atoms with Crippen LogP contribution in [-0.2, 0) is 16.6 Å². The number of nitrogens with zero attached hydrogens (tertiary/aromatic N) is 3. The van der Waals surface area contributed by atoms with E-state index in [1.807, 2.05) is 0 Å². The van der Waals surface area contributed by atoms with Gasteiger partial charge in [0.15, 0.2) is 0 Å². The minimum Gasteiger partial charge on any atom is -0.398 e. The Morgan fingerprint density at radius 2 is 2.20 bits per heavy atom. The lowest BCUT2D eigenvalue weighted by atomic mass is 10.2. The highest BCUT2D eigenvalue weighted by atomic mass is 32.2. The van der Waals surface area contributed by atoms with Gasteiger partial charge in [0.25, 0.3) is 0 Å². The molecule has 0 saturated carbocycles. The molecule has 0 aliphatic heterocycles. The second-order valence-corrected chi connectivity index (χ2v) is 5.94. The molecule has 0 saturated heterocycles. The number of hydrogen-bond donors (Lipinski definition) is 2. The number of nitrogen functional groups attached to an aromatic ring is 1. The highest BCUT2D eigenvalue weighted by molar-refractivity contribution is 7.89. The average Bonchev–Trinajstić information content (AvgIpc) is 2.86. The van der Waals surface area contributed by atoms with Gasteiger partial charge < -0.3 is 5.73 Å². The van der Waals surface area contributed by atoms with Crippen LogP contribution in [0.1, 0.15) is 5.56 Å². The first-order valence-corrected chi connectivity index (χ1v) is 7.28. The smallest absolute Gasteiger partial charge is 0.243 e. The van der Waals surface area contributed by atoms with Crippen LogP contribution in [0.2, 0.25) is 0 Å². The number of nitrogens with two attached hydrogens (primary N) is 1. The fraction of sp³-hybridized carbons (Fsp3) is 0.273. The minimum atomic E-state index is -3.95. The van der Waals surface area contributed by atoms with Crippen molar-refractivity contribution in [3.05, 3.63) is 35.9 Å². The number of aromatic nitrogens is 3. The first-order valence-electron chi connectivity index (χ1n) is 5.79. The fourth-order valence-corrected chi connectivity index (χ4v) is 2.71. The Labute approximate surface area is 115 Å². The Hall–Kier alpha value is -2.00. The van der Waals surface area contributed by atoms with E-state index in [-0.39, 0.29) is 12.2 Å². The average molecular weight is 299 g/mol. The maximum absolute atomic E-state index is 13.7.